The largest absolute Gasteiger partial charge is 0.455 e. The van der Waals surface area contributed by atoms with Crippen LogP contribution in [0.5, 0.6) is 0 Å². The van der Waals surface area contributed by atoms with E-state index in [1.807, 2.05) is 25.1 Å². The second-order valence-electron chi connectivity index (χ2n) is 8.30. The van der Waals surface area contributed by atoms with Crippen molar-refractivity contribution in [3.8, 4) is 0 Å². The Morgan fingerprint density at radius 1 is 1.14 bits per heavy atom. The van der Waals surface area contributed by atoms with Gasteiger partial charge in [-0.25, -0.2) is 19.7 Å². The van der Waals surface area contributed by atoms with E-state index in [0.717, 1.165) is 28.2 Å². The Hall–Kier alpha value is -2.34. The summed E-state index contributed by atoms with van der Waals surface area (Å²) in [5, 5.41) is 1.14. The highest BCUT2D eigenvalue weighted by Crippen LogP contribution is 2.44. The first-order chi connectivity index (χ1) is 13.4. The van der Waals surface area contributed by atoms with Crippen molar-refractivity contribution in [2.24, 2.45) is 5.41 Å². The number of esters is 1. The lowest BCUT2D eigenvalue weighted by atomic mass is 9.73. The third kappa shape index (κ3) is 4.07. The van der Waals surface area contributed by atoms with E-state index in [4.69, 9.17) is 9.72 Å². The summed E-state index contributed by atoms with van der Waals surface area (Å²) in [6, 6.07) is 9.00. The van der Waals surface area contributed by atoms with Gasteiger partial charge in [0.2, 0.25) is 0 Å². The molecule has 0 spiro atoms. The lowest BCUT2D eigenvalue weighted by molar-refractivity contribution is 0.0469. The van der Waals surface area contributed by atoms with Crippen LogP contribution in [-0.2, 0) is 11.3 Å². The summed E-state index contributed by atoms with van der Waals surface area (Å²) in [4.78, 5) is 27.1. The molecular formula is C22H25N3O2S. The van der Waals surface area contributed by atoms with Crippen molar-refractivity contribution in [1.29, 1.82) is 0 Å². The topological polar surface area (TPSA) is 65.0 Å². The molecule has 1 aromatic carbocycles. The van der Waals surface area contributed by atoms with Gasteiger partial charge in [-0.05, 0) is 50.2 Å². The smallest absolute Gasteiger partial charge is 0.338 e. The molecule has 2 heterocycles. The molecule has 0 bridgehead atoms. The molecule has 0 amide bonds. The zero-order valence-electron chi connectivity index (χ0n) is 16.6. The Balaban J connectivity index is 1.55. The van der Waals surface area contributed by atoms with Gasteiger partial charge in [-0.3, -0.25) is 0 Å². The van der Waals surface area contributed by atoms with E-state index in [1.165, 1.54) is 12.8 Å². The number of aryl methyl sites for hydroxylation is 1. The number of benzene rings is 1. The minimum absolute atomic E-state index is 0.106. The van der Waals surface area contributed by atoms with Crippen LogP contribution in [0.2, 0.25) is 0 Å². The van der Waals surface area contributed by atoms with E-state index in [1.54, 1.807) is 23.5 Å². The van der Waals surface area contributed by atoms with Crippen molar-refractivity contribution < 1.29 is 9.53 Å². The Morgan fingerprint density at radius 3 is 2.57 bits per heavy atom. The fourth-order valence-electron chi connectivity index (χ4n) is 3.73. The van der Waals surface area contributed by atoms with E-state index >= 15 is 0 Å². The Kier molecular flexibility index (Phi) is 5.15. The number of hydrogen-bond donors (Lipinski definition) is 0. The fourth-order valence-corrected chi connectivity index (χ4v) is 4.90. The maximum absolute atomic E-state index is 12.3. The van der Waals surface area contributed by atoms with Gasteiger partial charge < -0.3 is 4.74 Å². The van der Waals surface area contributed by atoms with Crippen LogP contribution in [0, 0.1) is 12.3 Å². The number of carbonyl (C=O) groups is 1. The van der Waals surface area contributed by atoms with E-state index in [2.05, 4.69) is 23.8 Å². The second kappa shape index (κ2) is 7.59. The number of fused-ring (bicyclic) bond motifs is 1. The van der Waals surface area contributed by atoms with Gasteiger partial charge in [-0.1, -0.05) is 43.4 Å². The predicted molar refractivity (Wildman–Crippen MR) is 110 cm³/mol. The highest BCUT2D eigenvalue weighted by Gasteiger charge is 2.29. The van der Waals surface area contributed by atoms with Crippen LogP contribution in [0.3, 0.4) is 0 Å². The average molecular weight is 396 g/mol. The maximum Gasteiger partial charge on any atom is 0.338 e. The van der Waals surface area contributed by atoms with Gasteiger partial charge in [0, 0.05) is 5.92 Å². The molecule has 0 saturated heterocycles. The first-order valence-electron chi connectivity index (χ1n) is 9.77. The first kappa shape index (κ1) is 19.0. The molecule has 4 rings (SSSR count). The summed E-state index contributed by atoms with van der Waals surface area (Å²) in [6.45, 7) is 6.66. The molecule has 1 aliphatic carbocycles. The van der Waals surface area contributed by atoms with Crippen LogP contribution in [0.1, 0.15) is 72.3 Å². The Bertz CT molecular complexity index is 988. The number of ether oxygens (including phenoxy) is 1. The van der Waals surface area contributed by atoms with Crippen LogP contribution in [0.4, 0.5) is 0 Å². The quantitative estimate of drug-likeness (QED) is 0.551. The summed E-state index contributed by atoms with van der Waals surface area (Å²) in [5.41, 5.74) is 2.43. The third-order valence-electron chi connectivity index (χ3n) is 5.50. The Labute approximate surface area is 169 Å². The summed E-state index contributed by atoms with van der Waals surface area (Å²) in [7, 11) is 0. The molecule has 1 aliphatic rings. The molecule has 3 aromatic rings. The van der Waals surface area contributed by atoms with Crippen LogP contribution >= 0.6 is 11.3 Å². The molecular weight excluding hydrogens is 370 g/mol. The minimum Gasteiger partial charge on any atom is -0.455 e. The van der Waals surface area contributed by atoms with Gasteiger partial charge in [0.15, 0.2) is 0 Å². The summed E-state index contributed by atoms with van der Waals surface area (Å²) < 4.78 is 5.49. The average Bonchev–Trinajstić information content (AvgIpc) is 3.10. The van der Waals surface area contributed by atoms with Gasteiger partial charge in [0.1, 0.15) is 28.5 Å². The molecule has 146 valence electrons. The fraction of sp³-hybridized carbons (Fsp3) is 0.455. The van der Waals surface area contributed by atoms with E-state index in [9.17, 15) is 4.79 Å². The summed E-state index contributed by atoms with van der Waals surface area (Å²) in [5.74, 6) is 0.820. The molecule has 0 unspecified atom stereocenters. The zero-order valence-corrected chi connectivity index (χ0v) is 17.4. The lowest BCUT2D eigenvalue weighted by Gasteiger charge is -2.33. The molecule has 28 heavy (non-hydrogen) atoms. The lowest BCUT2D eigenvalue weighted by Crippen LogP contribution is -2.20. The highest BCUT2D eigenvalue weighted by atomic mass is 32.1. The van der Waals surface area contributed by atoms with Crippen molar-refractivity contribution in [1.82, 2.24) is 15.0 Å². The number of aromatic nitrogens is 3. The second-order valence-corrected chi connectivity index (χ2v) is 9.31. The number of thiazole rings is 1. The Morgan fingerprint density at radius 2 is 1.86 bits per heavy atom. The molecule has 0 aliphatic heterocycles. The number of nitrogens with zero attached hydrogens (tertiary/aromatic N) is 3. The van der Waals surface area contributed by atoms with Gasteiger partial charge in [0.25, 0.3) is 0 Å². The highest BCUT2D eigenvalue weighted by molar-refractivity contribution is 7.18. The minimum atomic E-state index is -0.352. The third-order valence-corrected chi connectivity index (χ3v) is 6.61. The molecule has 2 aromatic heterocycles. The van der Waals surface area contributed by atoms with Crippen molar-refractivity contribution in [3.63, 3.8) is 0 Å². The van der Waals surface area contributed by atoms with Crippen LogP contribution in [0.25, 0.3) is 10.3 Å². The molecule has 1 saturated carbocycles. The molecule has 1 fully saturated rings. The van der Waals surface area contributed by atoms with Gasteiger partial charge in [-0.2, -0.15) is 0 Å². The van der Waals surface area contributed by atoms with Gasteiger partial charge in [-0.15, -0.1) is 0 Å². The normalized spacial score (nSPS) is 17.0. The van der Waals surface area contributed by atoms with E-state index in [0.29, 0.717) is 28.4 Å². The van der Waals surface area contributed by atoms with Gasteiger partial charge >= 0.3 is 5.97 Å². The molecule has 0 atom stereocenters. The molecule has 5 nitrogen and oxygen atoms in total. The number of carbonyl (C=O) groups excluding carboxylic acids is 1. The summed E-state index contributed by atoms with van der Waals surface area (Å²) in [6.07, 6.45) is 4.77. The zero-order chi connectivity index (χ0) is 19.7. The molecule has 0 radical (unpaired) electrons. The van der Waals surface area contributed by atoms with E-state index in [-0.39, 0.29) is 12.6 Å². The van der Waals surface area contributed by atoms with E-state index < -0.39 is 0 Å². The summed E-state index contributed by atoms with van der Waals surface area (Å²) >= 11 is 1.66. The first-order valence-corrected chi connectivity index (χ1v) is 10.6. The van der Waals surface area contributed by atoms with Crippen molar-refractivity contribution in [2.75, 3.05) is 0 Å². The standard InChI is InChI=1S/C22H25N3O2S/c1-14-23-17(13-27-21(26)16-7-5-4-6-8-16)18-20(24-14)28-19(25-18)15-9-11-22(2,3)12-10-15/h4-8,15H,9-13H2,1-3H3. The number of hydrogen-bond acceptors (Lipinski definition) is 6. The van der Waals surface area contributed by atoms with Crippen molar-refractivity contribution in [3.05, 3.63) is 52.4 Å². The van der Waals surface area contributed by atoms with Crippen molar-refractivity contribution >= 4 is 27.7 Å². The SMILES string of the molecule is Cc1nc(COC(=O)c2ccccc2)c2nc(C3CCC(C)(C)CC3)sc2n1. The van der Waals surface area contributed by atoms with Crippen LogP contribution in [-0.4, -0.2) is 20.9 Å². The van der Waals surface area contributed by atoms with Crippen molar-refractivity contribution in [2.45, 2.75) is 59.0 Å². The molecule has 0 N–H and O–H groups in total. The monoisotopic (exact) mass is 395 g/mol. The maximum atomic E-state index is 12.3. The van der Waals surface area contributed by atoms with Gasteiger partial charge in [0.05, 0.1) is 10.6 Å². The van der Waals surface area contributed by atoms with Crippen LogP contribution < -0.4 is 0 Å². The molecule has 6 heteroatoms. The number of rotatable bonds is 4. The van der Waals surface area contributed by atoms with Crippen LogP contribution in [0.15, 0.2) is 30.3 Å². The predicted octanol–water partition coefficient (Wildman–Crippen LogP) is 5.44.